The van der Waals surface area contributed by atoms with Crippen LogP contribution in [0.15, 0.2) is 12.4 Å². The fraction of sp³-hybridized carbons (Fsp3) is 0.714. The van der Waals surface area contributed by atoms with Crippen molar-refractivity contribution in [2.75, 3.05) is 12.4 Å². The van der Waals surface area contributed by atoms with Gasteiger partial charge in [-0.3, -0.25) is 4.68 Å². The second-order valence-corrected chi connectivity index (χ2v) is 7.84. The van der Waals surface area contributed by atoms with E-state index in [0.29, 0.717) is 25.9 Å². The van der Waals surface area contributed by atoms with Crippen LogP contribution < -0.4 is 4.72 Å². The SMILES string of the molecule is CCn1cc([C@H]2OCC[C@@H]2NS(=O)(=O)CC2(C#N)CC2)cn1. The molecule has 1 aromatic heterocycles. The van der Waals surface area contributed by atoms with E-state index in [0.717, 1.165) is 12.1 Å². The zero-order valence-electron chi connectivity index (χ0n) is 12.5. The molecule has 0 amide bonds. The van der Waals surface area contributed by atoms with Gasteiger partial charge in [-0.15, -0.1) is 0 Å². The molecule has 22 heavy (non-hydrogen) atoms. The predicted molar refractivity (Wildman–Crippen MR) is 79.2 cm³/mol. The molecular weight excluding hydrogens is 304 g/mol. The first kappa shape index (κ1) is 15.5. The lowest BCUT2D eigenvalue weighted by molar-refractivity contribution is 0.102. The van der Waals surface area contributed by atoms with Crippen molar-refractivity contribution < 1.29 is 13.2 Å². The third-order valence-electron chi connectivity index (χ3n) is 4.29. The maximum atomic E-state index is 12.3. The van der Waals surface area contributed by atoms with Gasteiger partial charge in [-0.05, 0) is 26.2 Å². The number of sulfonamides is 1. The average molecular weight is 324 g/mol. The van der Waals surface area contributed by atoms with E-state index in [1.165, 1.54) is 0 Å². The van der Waals surface area contributed by atoms with Crippen molar-refractivity contribution in [1.82, 2.24) is 14.5 Å². The number of nitrogens with zero attached hydrogens (tertiary/aromatic N) is 3. The van der Waals surface area contributed by atoms with Crippen molar-refractivity contribution in [3.8, 4) is 6.07 Å². The van der Waals surface area contributed by atoms with Crippen LogP contribution >= 0.6 is 0 Å². The Morgan fingerprint density at radius 2 is 2.36 bits per heavy atom. The third-order valence-corrected chi connectivity index (χ3v) is 5.88. The van der Waals surface area contributed by atoms with Gasteiger partial charge in [0, 0.05) is 24.9 Å². The van der Waals surface area contributed by atoms with Crippen LogP contribution in [0, 0.1) is 16.7 Å². The van der Waals surface area contributed by atoms with Crippen LogP contribution in [0.1, 0.15) is 37.9 Å². The van der Waals surface area contributed by atoms with E-state index >= 15 is 0 Å². The van der Waals surface area contributed by atoms with Gasteiger partial charge in [0.1, 0.15) is 6.10 Å². The largest absolute Gasteiger partial charge is 0.372 e. The summed E-state index contributed by atoms with van der Waals surface area (Å²) in [4.78, 5) is 0. The fourth-order valence-electron chi connectivity index (χ4n) is 2.81. The zero-order valence-corrected chi connectivity index (χ0v) is 13.3. The molecule has 1 aliphatic carbocycles. The van der Waals surface area contributed by atoms with Crippen LogP contribution in [-0.4, -0.2) is 36.6 Å². The van der Waals surface area contributed by atoms with Gasteiger partial charge in [-0.1, -0.05) is 0 Å². The molecule has 1 saturated heterocycles. The number of hydrogen-bond acceptors (Lipinski definition) is 5. The van der Waals surface area contributed by atoms with Crippen molar-refractivity contribution in [2.45, 2.75) is 44.9 Å². The fourth-order valence-corrected chi connectivity index (χ4v) is 4.68. The molecule has 0 aromatic carbocycles. The number of nitriles is 1. The molecule has 1 saturated carbocycles. The Hall–Kier alpha value is -1.43. The Morgan fingerprint density at radius 1 is 1.59 bits per heavy atom. The minimum atomic E-state index is -3.49. The molecule has 7 nitrogen and oxygen atoms in total. The monoisotopic (exact) mass is 324 g/mol. The van der Waals surface area contributed by atoms with E-state index in [2.05, 4.69) is 15.9 Å². The highest BCUT2D eigenvalue weighted by Crippen LogP contribution is 2.46. The summed E-state index contributed by atoms with van der Waals surface area (Å²) in [5, 5.41) is 13.3. The quantitative estimate of drug-likeness (QED) is 0.840. The Kier molecular flexibility index (Phi) is 3.97. The molecular formula is C14H20N4O3S. The van der Waals surface area contributed by atoms with Gasteiger partial charge >= 0.3 is 0 Å². The van der Waals surface area contributed by atoms with Gasteiger partial charge in [0.2, 0.25) is 10.0 Å². The molecule has 2 fully saturated rings. The first-order valence-corrected chi connectivity index (χ1v) is 9.17. The summed E-state index contributed by atoms with van der Waals surface area (Å²) < 4.78 is 34.8. The summed E-state index contributed by atoms with van der Waals surface area (Å²) in [6.45, 7) is 3.26. The first-order chi connectivity index (χ1) is 10.5. The van der Waals surface area contributed by atoms with Crippen LogP contribution in [-0.2, 0) is 21.3 Å². The van der Waals surface area contributed by atoms with Gasteiger partial charge in [-0.2, -0.15) is 10.4 Å². The molecule has 1 N–H and O–H groups in total. The van der Waals surface area contributed by atoms with Crippen molar-refractivity contribution in [3.05, 3.63) is 18.0 Å². The summed E-state index contributed by atoms with van der Waals surface area (Å²) in [5.41, 5.74) is 0.210. The molecule has 2 atom stereocenters. The summed E-state index contributed by atoms with van der Waals surface area (Å²) >= 11 is 0. The highest BCUT2D eigenvalue weighted by Gasteiger charge is 2.47. The molecule has 0 unspecified atom stereocenters. The standard InChI is InChI=1S/C14H20N4O3S/c1-2-18-8-11(7-16-18)13-12(3-6-21-13)17-22(19,20)10-14(9-15)4-5-14/h7-8,12-13,17H,2-6,10H2,1H3/t12-,13+/m0/s1. The number of hydrogen-bond donors (Lipinski definition) is 1. The molecule has 3 rings (SSSR count). The normalized spacial score (nSPS) is 26.7. The Labute approximate surface area is 130 Å². The molecule has 0 spiro atoms. The number of ether oxygens (including phenoxy) is 1. The lowest BCUT2D eigenvalue weighted by Gasteiger charge is -2.19. The maximum absolute atomic E-state index is 12.3. The van der Waals surface area contributed by atoms with Gasteiger partial charge in [-0.25, -0.2) is 13.1 Å². The summed E-state index contributed by atoms with van der Waals surface area (Å²) in [5.74, 6) is -0.117. The van der Waals surface area contributed by atoms with E-state index in [4.69, 9.17) is 10.00 Å². The lowest BCUT2D eigenvalue weighted by atomic mass is 10.1. The Morgan fingerprint density at radius 3 is 2.95 bits per heavy atom. The van der Waals surface area contributed by atoms with Crippen LogP contribution in [0.25, 0.3) is 0 Å². The summed E-state index contributed by atoms with van der Waals surface area (Å²) in [7, 11) is -3.49. The van der Waals surface area contributed by atoms with E-state index in [9.17, 15) is 8.42 Å². The average Bonchev–Trinajstić information content (AvgIpc) is 2.90. The number of rotatable bonds is 6. The maximum Gasteiger partial charge on any atom is 0.213 e. The summed E-state index contributed by atoms with van der Waals surface area (Å²) in [6, 6.07) is 1.83. The number of aromatic nitrogens is 2. The molecule has 2 heterocycles. The van der Waals surface area contributed by atoms with Crippen LogP contribution in [0.3, 0.4) is 0 Å². The highest BCUT2D eigenvalue weighted by atomic mass is 32.2. The number of nitrogens with one attached hydrogen (secondary N) is 1. The highest BCUT2D eigenvalue weighted by molar-refractivity contribution is 7.89. The van der Waals surface area contributed by atoms with E-state index in [1.54, 1.807) is 10.9 Å². The Balaban J connectivity index is 1.69. The molecule has 0 radical (unpaired) electrons. The van der Waals surface area contributed by atoms with Gasteiger partial charge < -0.3 is 4.74 Å². The molecule has 0 bridgehead atoms. The molecule has 2 aliphatic rings. The number of aryl methyl sites for hydroxylation is 1. The van der Waals surface area contributed by atoms with Crippen molar-refractivity contribution in [1.29, 1.82) is 5.26 Å². The van der Waals surface area contributed by atoms with E-state index < -0.39 is 15.4 Å². The van der Waals surface area contributed by atoms with Crippen molar-refractivity contribution >= 4 is 10.0 Å². The molecule has 1 aliphatic heterocycles. The topological polar surface area (TPSA) is 97.0 Å². The van der Waals surface area contributed by atoms with Gasteiger partial charge in [0.05, 0.1) is 29.5 Å². The molecule has 8 heteroatoms. The third kappa shape index (κ3) is 3.16. The van der Waals surface area contributed by atoms with Gasteiger partial charge in [0.15, 0.2) is 0 Å². The van der Waals surface area contributed by atoms with Crippen molar-refractivity contribution in [3.63, 3.8) is 0 Å². The second-order valence-electron chi connectivity index (χ2n) is 6.08. The lowest BCUT2D eigenvalue weighted by Crippen LogP contribution is -2.39. The summed E-state index contributed by atoms with van der Waals surface area (Å²) in [6.07, 6.45) is 5.25. The first-order valence-electron chi connectivity index (χ1n) is 7.52. The molecule has 120 valence electrons. The zero-order chi connectivity index (χ0) is 15.8. The van der Waals surface area contributed by atoms with Gasteiger partial charge in [0.25, 0.3) is 0 Å². The van der Waals surface area contributed by atoms with Crippen LogP contribution in [0.5, 0.6) is 0 Å². The van der Waals surface area contributed by atoms with E-state index in [1.807, 2.05) is 13.1 Å². The van der Waals surface area contributed by atoms with Crippen molar-refractivity contribution in [2.24, 2.45) is 5.41 Å². The minimum Gasteiger partial charge on any atom is -0.372 e. The minimum absolute atomic E-state index is 0.117. The van der Waals surface area contributed by atoms with Crippen LogP contribution in [0.4, 0.5) is 0 Å². The Bertz CT molecular complexity index is 687. The molecule has 1 aromatic rings. The second kappa shape index (κ2) is 5.65. The van der Waals surface area contributed by atoms with Crippen LogP contribution in [0.2, 0.25) is 0 Å². The smallest absolute Gasteiger partial charge is 0.213 e. The van der Waals surface area contributed by atoms with E-state index in [-0.39, 0.29) is 17.9 Å². The predicted octanol–water partition coefficient (Wildman–Crippen LogP) is 0.956.